The van der Waals surface area contributed by atoms with Crippen molar-refractivity contribution in [2.45, 2.75) is 12.5 Å². The third-order valence-electron chi connectivity index (χ3n) is 3.49. The van der Waals surface area contributed by atoms with E-state index in [1.54, 1.807) is 7.11 Å². The van der Waals surface area contributed by atoms with Gasteiger partial charge >= 0.3 is 5.97 Å². The van der Waals surface area contributed by atoms with Gasteiger partial charge in [-0.15, -0.1) is 0 Å². The zero-order chi connectivity index (χ0) is 14.4. The van der Waals surface area contributed by atoms with Crippen LogP contribution >= 0.6 is 0 Å². The average molecular weight is 279 g/mol. The smallest absolute Gasteiger partial charge is 0.317 e. The molecule has 1 unspecified atom stereocenters. The van der Waals surface area contributed by atoms with E-state index >= 15 is 0 Å². The lowest BCUT2D eigenvalue weighted by molar-refractivity contribution is -0.139. The minimum Gasteiger partial charge on any atom is -0.480 e. The number of carboxylic acid groups (broad SMARTS) is 1. The van der Waals surface area contributed by atoms with E-state index in [0.717, 1.165) is 6.42 Å². The van der Waals surface area contributed by atoms with Crippen LogP contribution in [0.1, 0.15) is 17.2 Å². The topological polar surface area (TPSA) is 59.0 Å². The number of aliphatic carboxylic acids is 1. The van der Waals surface area contributed by atoms with Crippen LogP contribution in [0.4, 0.5) is 0 Å². The number of fused-ring (bicyclic) bond motifs is 1. The van der Waals surface area contributed by atoms with E-state index in [1.807, 2.05) is 17.0 Å². The van der Waals surface area contributed by atoms with E-state index in [0.29, 0.717) is 26.3 Å². The zero-order valence-corrected chi connectivity index (χ0v) is 11.7. The minimum atomic E-state index is -0.829. The van der Waals surface area contributed by atoms with Crippen LogP contribution < -0.4 is 0 Å². The summed E-state index contributed by atoms with van der Waals surface area (Å²) in [7, 11) is 1.62. The number of methoxy groups -OCH3 is 1. The van der Waals surface area contributed by atoms with Gasteiger partial charge in [0.2, 0.25) is 0 Å². The minimum absolute atomic E-state index is 0.00534. The molecule has 0 saturated carbocycles. The highest BCUT2D eigenvalue weighted by molar-refractivity contribution is 5.69. The van der Waals surface area contributed by atoms with Crippen LogP contribution in [0.5, 0.6) is 0 Å². The van der Waals surface area contributed by atoms with Gasteiger partial charge in [-0.2, -0.15) is 0 Å². The molecule has 1 aliphatic heterocycles. The Kier molecular flexibility index (Phi) is 5.52. The van der Waals surface area contributed by atoms with Crippen LogP contribution in [0.15, 0.2) is 24.3 Å². The summed E-state index contributed by atoms with van der Waals surface area (Å²) in [6, 6.07) is 8.20. The van der Waals surface area contributed by atoms with Crippen molar-refractivity contribution in [2.75, 3.05) is 40.0 Å². The second kappa shape index (κ2) is 7.38. The molecule has 1 aliphatic rings. The Balaban J connectivity index is 2.04. The van der Waals surface area contributed by atoms with Crippen molar-refractivity contribution in [3.63, 3.8) is 0 Å². The fourth-order valence-electron chi connectivity index (χ4n) is 2.51. The summed E-state index contributed by atoms with van der Waals surface area (Å²) in [5.41, 5.74) is 2.47. The lowest BCUT2D eigenvalue weighted by atomic mass is 9.97. The number of carboxylic acids is 1. The quantitative estimate of drug-likeness (QED) is 0.816. The highest BCUT2D eigenvalue weighted by Gasteiger charge is 2.23. The summed E-state index contributed by atoms with van der Waals surface area (Å²) < 4.78 is 10.9. The predicted octanol–water partition coefficient (Wildman–Crippen LogP) is 1.33. The Morgan fingerprint density at radius 1 is 1.50 bits per heavy atom. The van der Waals surface area contributed by atoms with Crippen LogP contribution in [0, 0.1) is 0 Å². The predicted molar refractivity (Wildman–Crippen MR) is 74.8 cm³/mol. The van der Waals surface area contributed by atoms with Crippen LogP contribution in [0.3, 0.4) is 0 Å². The van der Waals surface area contributed by atoms with Gasteiger partial charge in [0.05, 0.1) is 25.9 Å². The van der Waals surface area contributed by atoms with Gasteiger partial charge in [-0.3, -0.25) is 9.69 Å². The molecular weight excluding hydrogens is 258 g/mol. The molecule has 0 fully saturated rings. The summed E-state index contributed by atoms with van der Waals surface area (Å²) in [4.78, 5) is 12.8. The van der Waals surface area contributed by atoms with E-state index in [2.05, 4.69) is 12.1 Å². The summed E-state index contributed by atoms with van der Waals surface area (Å²) in [5.74, 6) is -0.829. The fourth-order valence-corrected chi connectivity index (χ4v) is 2.51. The summed E-state index contributed by atoms with van der Waals surface area (Å²) in [5, 5.41) is 8.98. The molecular formula is C15H21NO4. The molecule has 20 heavy (non-hydrogen) atoms. The molecule has 1 N–H and O–H groups in total. The first kappa shape index (κ1) is 15.0. The number of ether oxygens (including phenoxy) is 2. The number of carbonyl (C=O) groups is 1. The largest absolute Gasteiger partial charge is 0.480 e. The van der Waals surface area contributed by atoms with Gasteiger partial charge in [0.1, 0.15) is 0 Å². The van der Waals surface area contributed by atoms with Gasteiger partial charge in [0.25, 0.3) is 0 Å². The Hall–Kier alpha value is -1.43. The van der Waals surface area contributed by atoms with Crippen molar-refractivity contribution in [1.29, 1.82) is 0 Å². The Morgan fingerprint density at radius 2 is 2.30 bits per heavy atom. The molecule has 110 valence electrons. The number of hydrogen-bond donors (Lipinski definition) is 1. The molecule has 1 aromatic rings. The average Bonchev–Trinajstić information content (AvgIpc) is 2.44. The summed E-state index contributed by atoms with van der Waals surface area (Å²) in [6.45, 7) is 2.37. The van der Waals surface area contributed by atoms with Gasteiger partial charge < -0.3 is 14.6 Å². The number of rotatable bonds is 7. The Labute approximate surface area is 119 Å². The number of benzene rings is 1. The molecule has 5 nitrogen and oxygen atoms in total. The standard InChI is InChI=1S/C15H21NO4/c1-19-9-7-16(11-15(17)18)10-14-13-5-3-2-4-12(13)6-8-20-14/h2-5,14H,6-11H2,1H3,(H,17,18). The van der Waals surface area contributed by atoms with Crippen LogP contribution in [0.25, 0.3) is 0 Å². The van der Waals surface area contributed by atoms with Crippen molar-refractivity contribution in [3.8, 4) is 0 Å². The summed E-state index contributed by atoms with van der Waals surface area (Å²) in [6.07, 6.45) is 0.861. The number of hydrogen-bond acceptors (Lipinski definition) is 4. The second-order valence-electron chi connectivity index (χ2n) is 4.93. The van der Waals surface area contributed by atoms with E-state index in [9.17, 15) is 4.79 Å². The second-order valence-corrected chi connectivity index (χ2v) is 4.93. The summed E-state index contributed by atoms with van der Waals surface area (Å²) >= 11 is 0. The molecule has 0 radical (unpaired) electrons. The third kappa shape index (κ3) is 4.03. The highest BCUT2D eigenvalue weighted by atomic mass is 16.5. The number of nitrogens with zero attached hydrogens (tertiary/aromatic N) is 1. The molecule has 0 aromatic heterocycles. The molecule has 0 bridgehead atoms. The monoisotopic (exact) mass is 279 g/mol. The molecule has 2 rings (SSSR count). The van der Waals surface area contributed by atoms with Crippen molar-refractivity contribution in [1.82, 2.24) is 4.90 Å². The van der Waals surface area contributed by atoms with E-state index in [4.69, 9.17) is 14.6 Å². The van der Waals surface area contributed by atoms with Crippen LogP contribution in [-0.4, -0.2) is 55.9 Å². The molecule has 0 saturated heterocycles. The van der Waals surface area contributed by atoms with Gasteiger partial charge in [-0.1, -0.05) is 24.3 Å². The van der Waals surface area contributed by atoms with Gasteiger partial charge in [-0.25, -0.2) is 0 Å². The van der Waals surface area contributed by atoms with Crippen LogP contribution in [-0.2, 0) is 20.7 Å². The van der Waals surface area contributed by atoms with Crippen molar-refractivity contribution in [2.24, 2.45) is 0 Å². The third-order valence-corrected chi connectivity index (χ3v) is 3.49. The first-order valence-corrected chi connectivity index (χ1v) is 6.83. The highest BCUT2D eigenvalue weighted by Crippen LogP contribution is 2.27. The normalized spacial score (nSPS) is 18.0. The van der Waals surface area contributed by atoms with E-state index in [1.165, 1.54) is 11.1 Å². The maximum Gasteiger partial charge on any atom is 0.317 e. The zero-order valence-electron chi connectivity index (χ0n) is 11.7. The molecule has 1 atom stereocenters. The van der Waals surface area contributed by atoms with Crippen molar-refractivity contribution in [3.05, 3.63) is 35.4 Å². The first-order chi connectivity index (χ1) is 9.70. The molecule has 1 aromatic carbocycles. The molecule has 0 aliphatic carbocycles. The van der Waals surface area contributed by atoms with Crippen molar-refractivity contribution >= 4 is 5.97 Å². The lowest BCUT2D eigenvalue weighted by Gasteiger charge is -2.30. The molecule has 1 heterocycles. The molecule has 0 amide bonds. The molecule has 5 heteroatoms. The fraction of sp³-hybridized carbons (Fsp3) is 0.533. The Morgan fingerprint density at radius 3 is 3.05 bits per heavy atom. The van der Waals surface area contributed by atoms with E-state index < -0.39 is 5.97 Å². The Bertz CT molecular complexity index is 449. The van der Waals surface area contributed by atoms with Gasteiger partial charge in [-0.05, 0) is 17.5 Å². The maximum absolute atomic E-state index is 10.9. The van der Waals surface area contributed by atoms with Crippen LogP contribution in [0.2, 0.25) is 0 Å². The molecule has 0 spiro atoms. The van der Waals surface area contributed by atoms with Gasteiger partial charge in [0, 0.05) is 20.2 Å². The SMILES string of the molecule is COCCN(CC(=O)O)CC1OCCc2ccccc21. The lowest BCUT2D eigenvalue weighted by Crippen LogP contribution is -2.37. The van der Waals surface area contributed by atoms with Gasteiger partial charge in [0.15, 0.2) is 0 Å². The van der Waals surface area contributed by atoms with Crippen molar-refractivity contribution < 1.29 is 19.4 Å². The van der Waals surface area contributed by atoms with E-state index in [-0.39, 0.29) is 12.6 Å². The maximum atomic E-state index is 10.9. The first-order valence-electron chi connectivity index (χ1n) is 6.83.